The number of pyridine rings is 1. The number of aromatic nitrogens is 1. The van der Waals surface area contributed by atoms with Gasteiger partial charge < -0.3 is 10.5 Å². The van der Waals surface area contributed by atoms with Gasteiger partial charge in [0.25, 0.3) is 0 Å². The highest BCUT2D eigenvalue weighted by molar-refractivity contribution is 5.95. The highest BCUT2D eigenvalue weighted by Gasteiger charge is 2.09. The Hall–Kier alpha value is -2.36. The van der Waals surface area contributed by atoms with Gasteiger partial charge in [0.15, 0.2) is 0 Å². The van der Waals surface area contributed by atoms with Gasteiger partial charge in [-0.25, -0.2) is 0 Å². The van der Waals surface area contributed by atoms with Gasteiger partial charge >= 0.3 is 0 Å². The molecule has 2 rings (SSSR count). The molecule has 0 bridgehead atoms. The lowest BCUT2D eigenvalue weighted by atomic mass is 10.0. The average Bonchev–Trinajstić information content (AvgIpc) is 2.43. The Morgan fingerprint density at radius 1 is 1.35 bits per heavy atom. The van der Waals surface area contributed by atoms with Crippen molar-refractivity contribution in [2.75, 3.05) is 6.61 Å². The van der Waals surface area contributed by atoms with Crippen LogP contribution < -0.4 is 10.5 Å². The molecule has 2 N–H and O–H groups in total. The van der Waals surface area contributed by atoms with Gasteiger partial charge in [-0.2, -0.15) is 0 Å². The second-order valence-corrected chi connectivity index (χ2v) is 4.74. The third-order valence-electron chi connectivity index (χ3n) is 3.29. The van der Waals surface area contributed by atoms with Crippen molar-refractivity contribution in [1.29, 1.82) is 0 Å². The molecule has 4 heteroatoms. The predicted octanol–water partition coefficient (Wildman–Crippen LogP) is 2.42. The minimum Gasteiger partial charge on any atom is -0.493 e. The van der Waals surface area contributed by atoms with E-state index in [0.29, 0.717) is 17.9 Å². The van der Waals surface area contributed by atoms with E-state index in [-0.39, 0.29) is 0 Å². The number of hydrogen-bond acceptors (Lipinski definition) is 3. The molecular formula is C16H18N2O2. The Kier molecular flexibility index (Phi) is 4.35. The van der Waals surface area contributed by atoms with E-state index in [1.54, 1.807) is 12.3 Å². The number of benzene rings is 1. The smallest absolute Gasteiger partial charge is 0.249 e. The zero-order valence-corrected chi connectivity index (χ0v) is 11.7. The number of hydrogen-bond donors (Lipinski definition) is 1. The molecule has 0 saturated heterocycles. The first-order valence-electron chi connectivity index (χ1n) is 6.50. The van der Waals surface area contributed by atoms with Crippen molar-refractivity contribution in [3.63, 3.8) is 0 Å². The predicted molar refractivity (Wildman–Crippen MR) is 77.9 cm³/mol. The lowest BCUT2D eigenvalue weighted by molar-refractivity contribution is 0.0999. The molecule has 0 aliphatic heterocycles. The maximum Gasteiger partial charge on any atom is 0.249 e. The highest BCUT2D eigenvalue weighted by atomic mass is 16.5. The summed E-state index contributed by atoms with van der Waals surface area (Å²) in [5.74, 6) is 0.245. The number of ether oxygens (including phenoxy) is 1. The molecule has 0 radical (unpaired) electrons. The minimum atomic E-state index is -0.427. The molecule has 0 fully saturated rings. The van der Waals surface area contributed by atoms with Crippen molar-refractivity contribution in [2.24, 2.45) is 5.73 Å². The van der Waals surface area contributed by atoms with Gasteiger partial charge in [0.2, 0.25) is 5.91 Å². The summed E-state index contributed by atoms with van der Waals surface area (Å²) in [6.07, 6.45) is 4.33. The summed E-state index contributed by atoms with van der Waals surface area (Å²) in [6, 6.07) is 7.53. The Balaban J connectivity index is 2.05. The number of nitrogens with zero attached hydrogens (tertiary/aromatic N) is 1. The molecule has 104 valence electrons. The molecule has 1 amide bonds. The van der Waals surface area contributed by atoms with Crippen LogP contribution in [0.15, 0.2) is 36.7 Å². The maximum atomic E-state index is 11.4. The zero-order valence-electron chi connectivity index (χ0n) is 11.7. The first-order valence-corrected chi connectivity index (χ1v) is 6.50. The Bertz CT molecular complexity index is 609. The summed E-state index contributed by atoms with van der Waals surface area (Å²) < 4.78 is 5.70. The quantitative estimate of drug-likeness (QED) is 0.907. The van der Waals surface area contributed by atoms with Crippen molar-refractivity contribution in [1.82, 2.24) is 4.98 Å². The Morgan fingerprint density at radius 3 is 2.80 bits per heavy atom. The number of carbonyl (C=O) groups excluding carboxylic acids is 1. The second kappa shape index (κ2) is 6.19. The zero-order chi connectivity index (χ0) is 14.5. The van der Waals surface area contributed by atoms with Crippen molar-refractivity contribution in [3.8, 4) is 5.75 Å². The van der Waals surface area contributed by atoms with E-state index in [1.807, 2.05) is 38.2 Å². The van der Waals surface area contributed by atoms with Gasteiger partial charge in [-0.1, -0.05) is 6.07 Å². The average molecular weight is 270 g/mol. The molecule has 0 atom stereocenters. The molecule has 20 heavy (non-hydrogen) atoms. The maximum absolute atomic E-state index is 11.4. The van der Waals surface area contributed by atoms with Gasteiger partial charge in [0.05, 0.1) is 6.61 Å². The number of rotatable bonds is 5. The summed E-state index contributed by atoms with van der Waals surface area (Å²) in [4.78, 5) is 15.4. The van der Waals surface area contributed by atoms with Gasteiger partial charge in [-0.3, -0.25) is 9.78 Å². The summed E-state index contributed by atoms with van der Waals surface area (Å²) in [7, 11) is 0. The third kappa shape index (κ3) is 3.35. The lowest BCUT2D eigenvalue weighted by Gasteiger charge is -2.11. The van der Waals surface area contributed by atoms with Crippen molar-refractivity contribution in [2.45, 2.75) is 20.3 Å². The van der Waals surface area contributed by atoms with Crippen LogP contribution in [0.1, 0.15) is 27.0 Å². The fourth-order valence-electron chi connectivity index (χ4n) is 2.00. The topological polar surface area (TPSA) is 65.2 Å². The molecule has 0 aliphatic carbocycles. The molecule has 0 spiro atoms. The summed E-state index contributed by atoms with van der Waals surface area (Å²) in [5.41, 5.74) is 8.90. The van der Waals surface area contributed by atoms with Crippen molar-refractivity contribution < 1.29 is 9.53 Å². The van der Waals surface area contributed by atoms with Crippen LogP contribution in [0.25, 0.3) is 0 Å². The van der Waals surface area contributed by atoms with Gasteiger partial charge in [0, 0.05) is 24.4 Å². The van der Waals surface area contributed by atoms with Crippen molar-refractivity contribution in [3.05, 3.63) is 58.9 Å². The van der Waals surface area contributed by atoms with Crippen LogP contribution in [0.5, 0.6) is 5.75 Å². The largest absolute Gasteiger partial charge is 0.493 e. The molecule has 0 unspecified atom stereocenters. The van der Waals surface area contributed by atoms with Crippen LogP contribution in [0.2, 0.25) is 0 Å². The summed E-state index contributed by atoms with van der Waals surface area (Å²) in [6.45, 7) is 4.36. The molecule has 4 nitrogen and oxygen atoms in total. The van der Waals surface area contributed by atoms with Gasteiger partial charge in [-0.05, 0) is 48.7 Å². The van der Waals surface area contributed by atoms with Gasteiger partial charge in [0.1, 0.15) is 5.75 Å². The fourth-order valence-corrected chi connectivity index (χ4v) is 2.00. The monoisotopic (exact) mass is 270 g/mol. The molecule has 2 aromatic rings. The molecule has 0 aliphatic rings. The standard InChI is InChI=1S/C16H18N2O2/c1-11-8-14(9-15(12(11)2)16(17)19)20-7-5-13-4-3-6-18-10-13/h3-4,6,8-10H,5,7H2,1-2H3,(H2,17,19). The van der Waals surface area contributed by atoms with Crippen LogP contribution in [0, 0.1) is 13.8 Å². The first-order chi connectivity index (χ1) is 9.58. The van der Waals surface area contributed by atoms with Crippen LogP contribution in [0.3, 0.4) is 0 Å². The highest BCUT2D eigenvalue weighted by Crippen LogP contribution is 2.21. The summed E-state index contributed by atoms with van der Waals surface area (Å²) in [5, 5.41) is 0. The Labute approximate surface area is 118 Å². The molecule has 0 saturated carbocycles. The van der Waals surface area contributed by atoms with E-state index >= 15 is 0 Å². The molecule has 1 heterocycles. The number of carbonyl (C=O) groups is 1. The molecule has 1 aromatic carbocycles. The Morgan fingerprint density at radius 2 is 2.15 bits per heavy atom. The van der Waals surface area contributed by atoms with Crippen LogP contribution in [-0.2, 0) is 6.42 Å². The summed E-state index contributed by atoms with van der Waals surface area (Å²) >= 11 is 0. The second-order valence-electron chi connectivity index (χ2n) is 4.74. The normalized spacial score (nSPS) is 10.3. The van der Waals surface area contributed by atoms with Crippen LogP contribution >= 0.6 is 0 Å². The number of nitrogens with two attached hydrogens (primary N) is 1. The van der Waals surface area contributed by atoms with E-state index in [4.69, 9.17) is 10.5 Å². The number of aryl methyl sites for hydroxylation is 1. The third-order valence-corrected chi connectivity index (χ3v) is 3.29. The fraction of sp³-hybridized carbons (Fsp3) is 0.250. The minimum absolute atomic E-state index is 0.427. The van der Waals surface area contributed by atoms with E-state index < -0.39 is 5.91 Å². The SMILES string of the molecule is Cc1cc(OCCc2cccnc2)cc(C(N)=O)c1C. The van der Waals surface area contributed by atoms with Gasteiger partial charge in [-0.15, -0.1) is 0 Å². The molecule has 1 aromatic heterocycles. The van der Waals surface area contributed by atoms with Crippen LogP contribution in [-0.4, -0.2) is 17.5 Å². The van der Waals surface area contributed by atoms with Crippen LogP contribution in [0.4, 0.5) is 0 Å². The molecular weight excluding hydrogens is 252 g/mol. The van der Waals surface area contributed by atoms with E-state index in [1.165, 1.54) is 0 Å². The lowest BCUT2D eigenvalue weighted by Crippen LogP contribution is -2.14. The van der Waals surface area contributed by atoms with E-state index in [9.17, 15) is 4.79 Å². The first kappa shape index (κ1) is 14.1. The van der Waals surface area contributed by atoms with E-state index in [2.05, 4.69) is 4.98 Å². The van der Waals surface area contributed by atoms with Crippen molar-refractivity contribution >= 4 is 5.91 Å². The number of amides is 1. The van der Waals surface area contributed by atoms with E-state index in [0.717, 1.165) is 23.1 Å². The number of primary amides is 1.